The Kier molecular flexibility index (Phi) is 10.7. The lowest BCUT2D eigenvalue weighted by atomic mass is 9.73. The Morgan fingerprint density at radius 1 is 1.17 bits per heavy atom. The Morgan fingerprint density at radius 2 is 1.86 bits per heavy atom. The number of carbonyl (C=O) groups excluding carboxylic acids is 2. The van der Waals surface area contributed by atoms with Crippen LogP contribution in [0.15, 0.2) is 11.0 Å². The molecule has 0 radical (unpaired) electrons. The van der Waals surface area contributed by atoms with Gasteiger partial charge in [0.05, 0.1) is 48.0 Å². The SMILES string of the molecule is CC(=Cc1csc(CN2CCN(C)CC2)n1)[C@H]1C[C@@H]2O[C@@]2(C)CCC[C@@H](C)[C@@H](O)[C@H](C)C(=O)C(C)(C)[C@H](O)CC(=O)O1. The van der Waals surface area contributed by atoms with Crippen LogP contribution in [0.5, 0.6) is 0 Å². The standard InChI is InChI=1S/C32H51N3O6S/c1-20-9-8-10-32(6)26(41-32)16-24(40-28(37)17-25(36)31(4,5)30(39)22(3)29(20)38)21(2)15-23-19-42-27(33-23)18-35-13-11-34(7)12-14-35/h15,19-20,22,24-26,29,36,38H,8-14,16-18H2,1-7H3/t20-,22+,24-,25-,26+,29-,32+/m1/s1. The number of Topliss-reactive ketones (excluding diaryl/α,β-unsaturated/α-hetero) is 1. The number of cyclic esters (lactones) is 1. The molecule has 0 unspecified atom stereocenters. The molecule has 0 saturated carbocycles. The van der Waals surface area contributed by atoms with Crippen LogP contribution in [-0.4, -0.2) is 100.0 Å². The largest absolute Gasteiger partial charge is 0.458 e. The Morgan fingerprint density at radius 3 is 2.55 bits per heavy atom. The van der Waals surface area contributed by atoms with Crippen LogP contribution in [-0.2, 0) is 25.6 Å². The van der Waals surface area contributed by atoms with Gasteiger partial charge < -0.3 is 24.6 Å². The number of ketones is 1. The predicted octanol–water partition coefficient (Wildman–Crippen LogP) is 3.92. The van der Waals surface area contributed by atoms with E-state index in [2.05, 4.69) is 23.8 Å². The lowest BCUT2D eigenvalue weighted by Crippen LogP contribution is -2.45. The van der Waals surface area contributed by atoms with E-state index in [0.717, 1.165) is 68.3 Å². The van der Waals surface area contributed by atoms with E-state index in [1.165, 1.54) is 0 Å². The van der Waals surface area contributed by atoms with Crippen LogP contribution in [0.3, 0.4) is 0 Å². The van der Waals surface area contributed by atoms with Gasteiger partial charge in [-0.2, -0.15) is 0 Å². The van der Waals surface area contributed by atoms with Crippen molar-refractivity contribution in [1.29, 1.82) is 0 Å². The summed E-state index contributed by atoms with van der Waals surface area (Å²) in [5.74, 6) is -1.56. The van der Waals surface area contributed by atoms with Crippen LogP contribution in [0.4, 0.5) is 0 Å². The minimum Gasteiger partial charge on any atom is -0.458 e. The number of carbonyl (C=O) groups is 2. The lowest BCUT2D eigenvalue weighted by molar-refractivity contribution is -0.154. The molecule has 0 spiro atoms. The summed E-state index contributed by atoms with van der Waals surface area (Å²) >= 11 is 1.64. The van der Waals surface area contributed by atoms with Gasteiger partial charge in [0, 0.05) is 43.9 Å². The van der Waals surface area contributed by atoms with Crippen LogP contribution >= 0.6 is 11.3 Å². The summed E-state index contributed by atoms with van der Waals surface area (Å²) in [5.41, 5.74) is 0.188. The quantitative estimate of drug-likeness (QED) is 0.389. The molecule has 1 aromatic heterocycles. The highest BCUT2D eigenvalue weighted by atomic mass is 32.1. The molecule has 1 aromatic rings. The maximum atomic E-state index is 13.3. The average Bonchev–Trinajstić information content (AvgIpc) is 3.35. The predicted molar refractivity (Wildman–Crippen MR) is 164 cm³/mol. The fourth-order valence-corrected chi connectivity index (χ4v) is 7.07. The van der Waals surface area contributed by atoms with Gasteiger partial charge in [0.2, 0.25) is 0 Å². The second kappa shape index (κ2) is 13.5. The molecule has 2 N–H and O–H groups in total. The topological polar surface area (TPSA) is 116 Å². The summed E-state index contributed by atoms with van der Waals surface area (Å²) in [4.78, 5) is 36.1. The molecule has 0 bridgehead atoms. The van der Waals surface area contributed by atoms with E-state index in [0.29, 0.717) is 6.42 Å². The van der Waals surface area contributed by atoms with Crippen molar-refractivity contribution >= 4 is 29.2 Å². The second-order valence-electron chi connectivity index (χ2n) is 13.7. The van der Waals surface area contributed by atoms with E-state index in [9.17, 15) is 19.8 Å². The lowest BCUT2D eigenvalue weighted by Gasteiger charge is -2.34. The zero-order chi connectivity index (χ0) is 30.8. The number of ether oxygens (including phenoxy) is 2. The van der Waals surface area contributed by atoms with Gasteiger partial charge in [0.1, 0.15) is 16.9 Å². The van der Waals surface area contributed by atoms with Gasteiger partial charge in [-0.15, -0.1) is 11.3 Å². The number of aliphatic hydroxyl groups is 2. The fraction of sp³-hybridized carbons (Fsp3) is 0.781. The van der Waals surface area contributed by atoms with Crippen LogP contribution in [0.2, 0.25) is 0 Å². The summed E-state index contributed by atoms with van der Waals surface area (Å²) in [5, 5.41) is 25.0. The third-order valence-electron chi connectivity index (χ3n) is 9.81. The number of likely N-dealkylation sites (N-methyl/N-ethyl adjacent to an activating group) is 1. The van der Waals surface area contributed by atoms with Gasteiger partial charge >= 0.3 is 5.97 Å². The average molecular weight is 606 g/mol. The molecule has 236 valence electrons. The van der Waals surface area contributed by atoms with Crippen molar-refractivity contribution in [2.45, 2.75) is 110 Å². The van der Waals surface area contributed by atoms with Crippen LogP contribution in [0.25, 0.3) is 6.08 Å². The first kappa shape index (κ1) is 33.2. The highest BCUT2D eigenvalue weighted by Gasteiger charge is 2.53. The highest BCUT2D eigenvalue weighted by Crippen LogP contribution is 2.45. The number of piperazine rings is 1. The first-order chi connectivity index (χ1) is 19.7. The van der Waals surface area contributed by atoms with Crippen LogP contribution in [0.1, 0.15) is 84.3 Å². The smallest absolute Gasteiger partial charge is 0.309 e. The number of epoxide rings is 1. The van der Waals surface area contributed by atoms with E-state index >= 15 is 0 Å². The molecule has 4 heterocycles. The van der Waals surface area contributed by atoms with E-state index in [4.69, 9.17) is 14.5 Å². The molecular weight excluding hydrogens is 554 g/mol. The van der Waals surface area contributed by atoms with Crippen LogP contribution < -0.4 is 0 Å². The van der Waals surface area contributed by atoms with E-state index < -0.39 is 35.6 Å². The van der Waals surface area contributed by atoms with Crippen molar-refractivity contribution in [2.75, 3.05) is 33.2 Å². The van der Waals surface area contributed by atoms with Gasteiger partial charge in [-0.05, 0) is 51.3 Å². The van der Waals surface area contributed by atoms with Crippen LogP contribution in [0, 0.1) is 17.3 Å². The Bertz CT molecular complexity index is 1130. The number of hydrogen-bond acceptors (Lipinski definition) is 10. The van der Waals surface area contributed by atoms with Crippen molar-refractivity contribution in [3.05, 3.63) is 21.7 Å². The number of fused-ring (bicyclic) bond motifs is 1. The zero-order valence-electron chi connectivity index (χ0n) is 26.5. The number of hydrogen-bond donors (Lipinski definition) is 2. The Balaban J connectivity index is 1.50. The molecule has 3 saturated heterocycles. The third kappa shape index (κ3) is 8.07. The van der Waals surface area contributed by atoms with E-state index in [-0.39, 0.29) is 29.8 Å². The zero-order valence-corrected chi connectivity index (χ0v) is 27.3. The number of esters is 1. The second-order valence-corrected chi connectivity index (χ2v) is 14.7. The molecule has 42 heavy (non-hydrogen) atoms. The molecule has 3 aliphatic heterocycles. The molecule has 3 fully saturated rings. The van der Waals surface area contributed by atoms with Crippen molar-refractivity contribution in [2.24, 2.45) is 17.3 Å². The molecular formula is C32H51N3O6S. The van der Waals surface area contributed by atoms with Gasteiger partial charge in [-0.25, -0.2) is 4.98 Å². The fourth-order valence-electron chi connectivity index (χ4n) is 6.28. The number of aromatic nitrogens is 1. The first-order valence-corrected chi connectivity index (χ1v) is 16.4. The van der Waals surface area contributed by atoms with E-state index in [1.807, 2.05) is 25.3 Å². The highest BCUT2D eigenvalue weighted by molar-refractivity contribution is 7.09. The summed E-state index contributed by atoms with van der Waals surface area (Å²) in [6.45, 7) is 16.0. The van der Waals surface area contributed by atoms with Crippen molar-refractivity contribution in [3.8, 4) is 0 Å². The monoisotopic (exact) mass is 605 g/mol. The van der Waals surface area contributed by atoms with E-state index in [1.54, 1.807) is 32.1 Å². The summed E-state index contributed by atoms with van der Waals surface area (Å²) < 4.78 is 12.1. The molecule has 10 heteroatoms. The number of thiazole rings is 1. The van der Waals surface area contributed by atoms with Gasteiger partial charge in [0.25, 0.3) is 0 Å². The summed E-state index contributed by atoms with van der Waals surface area (Å²) in [6, 6.07) is 0. The normalized spacial score (nSPS) is 36.4. The van der Waals surface area contributed by atoms with Crippen molar-refractivity contribution < 1.29 is 29.3 Å². The molecule has 0 aliphatic carbocycles. The van der Waals surface area contributed by atoms with Gasteiger partial charge in [-0.3, -0.25) is 14.5 Å². The molecule has 0 aromatic carbocycles. The third-order valence-corrected chi connectivity index (χ3v) is 10.7. The molecule has 9 nitrogen and oxygen atoms in total. The first-order valence-electron chi connectivity index (χ1n) is 15.5. The number of nitrogens with zero attached hydrogens (tertiary/aromatic N) is 3. The molecule has 7 atom stereocenters. The van der Waals surface area contributed by atoms with Gasteiger partial charge in [-0.1, -0.05) is 34.1 Å². The number of rotatable bonds is 4. The van der Waals surface area contributed by atoms with Gasteiger partial charge in [0.15, 0.2) is 0 Å². The Hall–Kier alpha value is -1.69. The summed E-state index contributed by atoms with van der Waals surface area (Å²) in [6.07, 6.45) is 1.98. The van der Waals surface area contributed by atoms with Crippen molar-refractivity contribution in [3.63, 3.8) is 0 Å². The number of aliphatic hydroxyl groups excluding tert-OH is 2. The maximum absolute atomic E-state index is 13.3. The minimum absolute atomic E-state index is 0.0584. The Labute approximate surface area is 255 Å². The minimum atomic E-state index is -1.24. The molecule has 4 rings (SSSR count). The molecule has 0 amide bonds. The molecule has 3 aliphatic rings. The van der Waals surface area contributed by atoms with Crippen molar-refractivity contribution in [1.82, 2.24) is 14.8 Å². The maximum Gasteiger partial charge on any atom is 0.309 e. The summed E-state index contributed by atoms with van der Waals surface area (Å²) in [7, 11) is 2.15.